The minimum Gasteiger partial charge on any atom is -0.388 e. The average molecular weight is 318 g/mol. The van der Waals surface area contributed by atoms with Crippen LogP contribution < -0.4 is 15.5 Å². The number of carbonyl (C=O) groups excluding carboxylic acids is 1. The largest absolute Gasteiger partial charge is 0.388 e. The van der Waals surface area contributed by atoms with Crippen molar-refractivity contribution >= 4 is 17.5 Å². The molecular formula is C17H26N4O2. The monoisotopic (exact) mass is 318 g/mol. The van der Waals surface area contributed by atoms with E-state index in [4.69, 9.17) is 0 Å². The molecule has 6 nitrogen and oxygen atoms in total. The molecule has 0 unspecified atom stereocenters. The zero-order valence-corrected chi connectivity index (χ0v) is 13.6. The molecule has 1 saturated heterocycles. The summed E-state index contributed by atoms with van der Waals surface area (Å²) in [5.41, 5.74) is -0.0231. The zero-order valence-electron chi connectivity index (χ0n) is 13.6. The highest BCUT2D eigenvalue weighted by Crippen LogP contribution is 2.28. The number of nitrogens with zero attached hydrogens (tertiary/aromatic N) is 2. The van der Waals surface area contributed by atoms with Gasteiger partial charge in [-0.1, -0.05) is 19.3 Å². The summed E-state index contributed by atoms with van der Waals surface area (Å²) in [5, 5.41) is 16.1. The van der Waals surface area contributed by atoms with Gasteiger partial charge in [0.15, 0.2) is 5.82 Å². The molecule has 126 valence electrons. The van der Waals surface area contributed by atoms with Crippen molar-refractivity contribution in [1.29, 1.82) is 0 Å². The van der Waals surface area contributed by atoms with E-state index in [0.29, 0.717) is 6.54 Å². The number of carbonyl (C=O) groups is 1. The molecule has 2 aliphatic rings. The second kappa shape index (κ2) is 7.17. The first-order chi connectivity index (χ1) is 11.2. The van der Waals surface area contributed by atoms with Gasteiger partial charge in [0.1, 0.15) is 0 Å². The van der Waals surface area contributed by atoms with Crippen LogP contribution in [0.3, 0.4) is 0 Å². The maximum Gasteiger partial charge on any atom is 0.319 e. The second-order valence-corrected chi connectivity index (χ2v) is 6.66. The summed E-state index contributed by atoms with van der Waals surface area (Å²) in [6.45, 7) is 2.26. The van der Waals surface area contributed by atoms with Crippen molar-refractivity contribution in [2.45, 2.75) is 50.5 Å². The number of amides is 2. The lowest BCUT2D eigenvalue weighted by Gasteiger charge is -2.32. The molecule has 6 heteroatoms. The Bertz CT molecular complexity index is 537. The molecular weight excluding hydrogens is 292 g/mol. The average Bonchev–Trinajstić information content (AvgIpc) is 3.09. The van der Waals surface area contributed by atoms with Crippen LogP contribution in [0.25, 0.3) is 0 Å². The van der Waals surface area contributed by atoms with E-state index in [9.17, 15) is 9.90 Å². The topological polar surface area (TPSA) is 77.5 Å². The summed E-state index contributed by atoms with van der Waals surface area (Å²) in [4.78, 5) is 18.8. The molecule has 1 aromatic rings. The van der Waals surface area contributed by atoms with Crippen LogP contribution in [0.5, 0.6) is 0 Å². The molecule has 3 rings (SSSR count). The lowest BCUT2D eigenvalue weighted by Crippen LogP contribution is -2.45. The van der Waals surface area contributed by atoms with Gasteiger partial charge in [0.2, 0.25) is 0 Å². The van der Waals surface area contributed by atoms with Crippen LogP contribution >= 0.6 is 0 Å². The molecule has 0 spiro atoms. The van der Waals surface area contributed by atoms with Crippen molar-refractivity contribution in [3.05, 3.63) is 18.3 Å². The van der Waals surface area contributed by atoms with Crippen molar-refractivity contribution in [1.82, 2.24) is 10.3 Å². The van der Waals surface area contributed by atoms with E-state index >= 15 is 0 Å². The Morgan fingerprint density at radius 2 is 1.96 bits per heavy atom. The summed E-state index contributed by atoms with van der Waals surface area (Å²) in [5.74, 6) is 0.830. The van der Waals surface area contributed by atoms with Gasteiger partial charge in [0.05, 0.1) is 11.3 Å². The summed E-state index contributed by atoms with van der Waals surface area (Å²) in [6.07, 6.45) is 8.83. The molecule has 1 aliphatic heterocycles. The molecule has 23 heavy (non-hydrogen) atoms. The Kier molecular flexibility index (Phi) is 5.00. The fourth-order valence-electron chi connectivity index (χ4n) is 3.47. The van der Waals surface area contributed by atoms with Crippen LogP contribution in [-0.4, -0.2) is 41.4 Å². The van der Waals surface area contributed by atoms with Crippen LogP contribution in [0.4, 0.5) is 16.3 Å². The molecule has 0 radical (unpaired) electrons. The first-order valence-corrected chi connectivity index (χ1v) is 8.64. The first-order valence-electron chi connectivity index (χ1n) is 8.64. The molecule has 1 aromatic heterocycles. The van der Waals surface area contributed by atoms with E-state index < -0.39 is 5.60 Å². The second-order valence-electron chi connectivity index (χ2n) is 6.66. The van der Waals surface area contributed by atoms with Gasteiger partial charge in [0, 0.05) is 25.8 Å². The number of nitrogens with one attached hydrogen (secondary N) is 2. The standard InChI is InChI=1S/C17H26N4O2/c22-16(19-13-17(23)8-2-1-3-9-17)20-14-7-6-10-18-15(14)21-11-4-5-12-21/h6-7,10,23H,1-5,8-9,11-13H2,(H2,19,20,22). The smallest absolute Gasteiger partial charge is 0.319 e. The SMILES string of the molecule is O=C(NCC1(O)CCCCC1)Nc1cccnc1N1CCCC1. The molecule has 0 atom stereocenters. The van der Waals surface area contributed by atoms with E-state index in [2.05, 4.69) is 20.5 Å². The van der Waals surface area contributed by atoms with Crippen LogP contribution in [-0.2, 0) is 0 Å². The highest BCUT2D eigenvalue weighted by Gasteiger charge is 2.29. The number of hydrogen-bond acceptors (Lipinski definition) is 4. The van der Waals surface area contributed by atoms with Gasteiger partial charge in [-0.15, -0.1) is 0 Å². The van der Waals surface area contributed by atoms with Crippen molar-refractivity contribution in [2.24, 2.45) is 0 Å². The Morgan fingerprint density at radius 3 is 2.70 bits per heavy atom. The van der Waals surface area contributed by atoms with Crippen molar-refractivity contribution in [3.63, 3.8) is 0 Å². The number of urea groups is 1. The third kappa shape index (κ3) is 4.13. The van der Waals surface area contributed by atoms with Gasteiger partial charge in [-0.3, -0.25) is 0 Å². The molecule has 1 saturated carbocycles. The maximum atomic E-state index is 12.2. The zero-order chi connectivity index (χ0) is 16.1. The van der Waals surface area contributed by atoms with Crippen molar-refractivity contribution in [3.8, 4) is 0 Å². The molecule has 2 heterocycles. The number of rotatable bonds is 4. The van der Waals surface area contributed by atoms with Gasteiger partial charge in [-0.2, -0.15) is 0 Å². The normalized spacial score (nSPS) is 20.3. The van der Waals surface area contributed by atoms with Crippen molar-refractivity contribution in [2.75, 3.05) is 29.9 Å². The van der Waals surface area contributed by atoms with Crippen LogP contribution in [0.1, 0.15) is 44.9 Å². The number of hydrogen-bond donors (Lipinski definition) is 3. The molecule has 0 aromatic carbocycles. The molecule has 1 aliphatic carbocycles. The summed E-state index contributed by atoms with van der Waals surface area (Å²) >= 11 is 0. The van der Waals surface area contributed by atoms with Gasteiger partial charge in [-0.25, -0.2) is 9.78 Å². The highest BCUT2D eigenvalue weighted by atomic mass is 16.3. The Hall–Kier alpha value is -1.82. The van der Waals surface area contributed by atoms with Crippen LogP contribution in [0.15, 0.2) is 18.3 Å². The lowest BCUT2D eigenvalue weighted by atomic mass is 9.85. The third-order valence-electron chi connectivity index (χ3n) is 4.80. The quantitative estimate of drug-likeness (QED) is 0.797. The summed E-state index contributed by atoms with van der Waals surface area (Å²) in [6, 6.07) is 3.41. The van der Waals surface area contributed by atoms with Gasteiger partial charge >= 0.3 is 6.03 Å². The van der Waals surface area contributed by atoms with Gasteiger partial charge in [0.25, 0.3) is 0 Å². The minimum absolute atomic E-state index is 0.280. The van der Waals surface area contributed by atoms with Crippen LogP contribution in [0.2, 0.25) is 0 Å². The van der Waals surface area contributed by atoms with E-state index in [-0.39, 0.29) is 6.03 Å². The van der Waals surface area contributed by atoms with Gasteiger partial charge in [-0.05, 0) is 37.8 Å². The number of anilines is 2. The van der Waals surface area contributed by atoms with Crippen LogP contribution in [0, 0.1) is 0 Å². The fourth-order valence-corrected chi connectivity index (χ4v) is 3.47. The number of aliphatic hydroxyl groups is 1. The highest BCUT2D eigenvalue weighted by molar-refractivity contribution is 5.92. The Morgan fingerprint density at radius 1 is 1.22 bits per heavy atom. The summed E-state index contributed by atoms with van der Waals surface area (Å²) in [7, 11) is 0. The molecule has 2 fully saturated rings. The summed E-state index contributed by atoms with van der Waals surface area (Å²) < 4.78 is 0. The van der Waals surface area contributed by atoms with E-state index in [1.807, 2.05) is 12.1 Å². The molecule has 2 amide bonds. The van der Waals surface area contributed by atoms with E-state index in [1.54, 1.807) is 6.20 Å². The Labute approximate surface area is 137 Å². The number of pyridine rings is 1. The van der Waals surface area contributed by atoms with E-state index in [0.717, 1.165) is 63.1 Å². The molecule has 3 N–H and O–H groups in total. The lowest BCUT2D eigenvalue weighted by molar-refractivity contribution is 0.00755. The third-order valence-corrected chi connectivity index (χ3v) is 4.80. The van der Waals surface area contributed by atoms with Gasteiger partial charge < -0.3 is 20.6 Å². The number of aromatic nitrogens is 1. The maximum absolute atomic E-state index is 12.2. The predicted octanol–water partition coefficient (Wildman–Crippen LogP) is 2.50. The van der Waals surface area contributed by atoms with Crippen molar-refractivity contribution < 1.29 is 9.90 Å². The minimum atomic E-state index is -0.748. The van der Waals surface area contributed by atoms with E-state index in [1.165, 1.54) is 6.42 Å². The first kappa shape index (κ1) is 16.1. The Balaban J connectivity index is 1.57. The fraction of sp³-hybridized carbons (Fsp3) is 0.647. The predicted molar refractivity (Wildman–Crippen MR) is 90.7 cm³/mol. The molecule has 0 bridgehead atoms.